The maximum atomic E-state index is 11.3. The highest BCUT2D eigenvalue weighted by molar-refractivity contribution is 7.16. The normalized spacial score (nSPS) is 37.3. The highest BCUT2D eigenvalue weighted by atomic mass is 32.1. The van der Waals surface area contributed by atoms with Gasteiger partial charge in [-0.2, -0.15) is 4.98 Å². The van der Waals surface area contributed by atoms with Gasteiger partial charge in [-0.15, -0.1) is 6.42 Å². The Morgan fingerprint density at radius 3 is 2.74 bits per heavy atom. The molecular weight excluding hydrogens is 456 g/mol. The van der Waals surface area contributed by atoms with Gasteiger partial charge in [0.2, 0.25) is 11.8 Å². The highest BCUT2D eigenvalue weighted by Crippen LogP contribution is 2.68. The van der Waals surface area contributed by atoms with Crippen LogP contribution in [0, 0.1) is 47.9 Å². The van der Waals surface area contributed by atoms with Crippen molar-refractivity contribution >= 4 is 28.0 Å². The van der Waals surface area contributed by atoms with E-state index in [-0.39, 0.29) is 10.8 Å². The molecule has 0 radical (unpaired) electrons. The van der Waals surface area contributed by atoms with Crippen molar-refractivity contribution in [1.82, 2.24) is 15.0 Å². The minimum absolute atomic E-state index is 0.140. The second-order valence-electron chi connectivity index (χ2n) is 11.4. The number of aryl methyl sites for hydroxylation is 2. The second-order valence-corrected chi connectivity index (χ2v) is 12.4. The minimum Gasteiger partial charge on any atom is -0.481 e. The Bertz CT molecular complexity index is 1260. The molecule has 7 heteroatoms. The highest BCUT2D eigenvalue weighted by Gasteiger charge is 2.63. The third-order valence-electron chi connectivity index (χ3n) is 9.94. The smallest absolute Gasteiger partial charge is 0.232 e. The van der Waals surface area contributed by atoms with Crippen LogP contribution in [0.2, 0.25) is 0 Å². The number of methoxy groups -OCH3 is 1. The van der Waals surface area contributed by atoms with Crippen molar-refractivity contribution in [2.24, 2.45) is 28.6 Å². The predicted octanol–water partition coefficient (Wildman–Crippen LogP) is 5.54. The first-order valence-corrected chi connectivity index (χ1v) is 13.6. The van der Waals surface area contributed by atoms with Gasteiger partial charge in [0.25, 0.3) is 0 Å². The summed E-state index contributed by atoms with van der Waals surface area (Å²) in [6, 6.07) is 1.82. The summed E-state index contributed by atoms with van der Waals surface area (Å²) in [6.45, 7) is 6.66. The van der Waals surface area contributed by atoms with E-state index < -0.39 is 5.60 Å². The molecule has 2 fully saturated rings. The van der Waals surface area contributed by atoms with Crippen LogP contribution in [0.3, 0.4) is 0 Å². The molecule has 6 rings (SSSR count). The molecule has 2 aromatic heterocycles. The van der Waals surface area contributed by atoms with Gasteiger partial charge in [-0.25, -0.2) is 9.97 Å². The van der Waals surface area contributed by atoms with Crippen molar-refractivity contribution in [3.05, 3.63) is 28.4 Å². The summed E-state index contributed by atoms with van der Waals surface area (Å²) < 4.78 is 5.30. The Morgan fingerprint density at radius 2 is 1.97 bits per heavy atom. The lowest BCUT2D eigenvalue weighted by Crippen LogP contribution is -2.53. The number of rotatable bonds is 3. The topological polar surface area (TPSA) is 80.2 Å². The Labute approximate surface area is 211 Å². The van der Waals surface area contributed by atoms with Crippen molar-refractivity contribution in [1.29, 1.82) is 0 Å². The minimum atomic E-state index is -0.952. The van der Waals surface area contributed by atoms with E-state index in [1.54, 1.807) is 18.4 Å². The van der Waals surface area contributed by atoms with Gasteiger partial charge >= 0.3 is 0 Å². The number of hydrogen-bond acceptors (Lipinski definition) is 7. The van der Waals surface area contributed by atoms with Crippen molar-refractivity contribution in [3.63, 3.8) is 0 Å². The third kappa shape index (κ3) is 3.22. The van der Waals surface area contributed by atoms with Crippen LogP contribution in [0.25, 0.3) is 5.57 Å². The van der Waals surface area contributed by atoms with E-state index in [9.17, 15) is 5.11 Å². The largest absolute Gasteiger partial charge is 0.481 e. The number of aliphatic hydroxyl groups is 1. The van der Waals surface area contributed by atoms with Gasteiger partial charge in [0.1, 0.15) is 5.60 Å². The van der Waals surface area contributed by atoms with Crippen LogP contribution in [-0.2, 0) is 6.42 Å². The van der Waals surface area contributed by atoms with Crippen molar-refractivity contribution in [2.75, 3.05) is 12.4 Å². The Morgan fingerprint density at radius 1 is 1.17 bits per heavy atom. The number of anilines is 2. The number of terminal acetylenes is 1. The first-order chi connectivity index (χ1) is 16.7. The Kier molecular flexibility index (Phi) is 5.11. The summed E-state index contributed by atoms with van der Waals surface area (Å²) in [5.74, 6) is 5.56. The van der Waals surface area contributed by atoms with Crippen LogP contribution >= 0.6 is 11.3 Å². The number of hydrogen-bond donors (Lipinski definition) is 2. The standard InChI is InChI=1S/C28H34N4O2S/c1-6-28(33)14-10-19-17-7-8-20-23-21(11-12-26(20,3)18(17)9-13-27(19,28)4)30-25(35-23)32-24-29-16(2)15-22(31-24)34-5/h1,8,15,17-19,33H,7,9-14H2,2-5H3,(H,29,30,31,32)/t17-,18+,19+,26-,27+,28+/m1/s1. The number of nitrogens with one attached hydrogen (secondary N) is 1. The van der Waals surface area contributed by atoms with Gasteiger partial charge in [-0.05, 0) is 80.6 Å². The van der Waals surface area contributed by atoms with Crippen LogP contribution in [0.5, 0.6) is 5.88 Å². The molecule has 2 aromatic rings. The van der Waals surface area contributed by atoms with Crippen molar-refractivity contribution in [2.45, 2.75) is 71.3 Å². The van der Waals surface area contributed by atoms with Crippen molar-refractivity contribution < 1.29 is 9.84 Å². The molecule has 0 amide bonds. The fourth-order valence-corrected chi connectivity index (χ4v) is 9.16. The molecule has 0 aliphatic heterocycles. The molecule has 0 aromatic carbocycles. The molecule has 4 aliphatic rings. The first-order valence-electron chi connectivity index (χ1n) is 12.8. The molecule has 2 heterocycles. The van der Waals surface area contributed by atoms with Crippen LogP contribution in [-0.4, -0.2) is 32.8 Å². The summed E-state index contributed by atoms with van der Waals surface area (Å²) >= 11 is 1.72. The summed E-state index contributed by atoms with van der Waals surface area (Å²) in [4.78, 5) is 15.2. The molecule has 2 saturated carbocycles. The van der Waals surface area contributed by atoms with E-state index >= 15 is 0 Å². The van der Waals surface area contributed by atoms with Gasteiger partial charge in [0, 0.05) is 17.2 Å². The summed E-state index contributed by atoms with van der Waals surface area (Å²) in [7, 11) is 1.61. The maximum absolute atomic E-state index is 11.3. The molecule has 6 nitrogen and oxygen atoms in total. The molecular formula is C28H34N4O2S. The van der Waals surface area contributed by atoms with Gasteiger partial charge < -0.3 is 9.84 Å². The zero-order valence-electron chi connectivity index (χ0n) is 21.0. The van der Waals surface area contributed by atoms with Crippen LogP contribution < -0.4 is 10.1 Å². The zero-order chi connectivity index (χ0) is 24.6. The number of ether oxygens (including phenoxy) is 1. The monoisotopic (exact) mass is 490 g/mol. The van der Waals surface area contributed by atoms with Crippen LogP contribution in [0.15, 0.2) is 12.1 Å². The molecule has 0 spiro atoms. The summed E-state index contributed by atoms with van der Waals surface area (Å²) in [5.41, 5.74) is 2.53. The fourth-order valence-electron chi connectivity index (χ4n) is 7.98. The van der Waals surface area contributed by atoms with Gasteiger partial charge in [-0.3, -0.25) is 5.32 Å². The number of aromatic nitrogens is 3. The molecule has 2 N–H and O–H groups in total. The third-order valence-corrected chi connectivity index (χ3v) is 11.0. The molecule has 6 atom stereocenters. The van der Waals surface area contributed by atoms with Crippen LogP contribution in [0.1, 0.15) is 68.6 Å². The van der Waals surface area contributed by atoms with Gasteiger partial charge in [-0.1, -0.05) is 37.2 Å². The second kappa shape index (κ2) is 7.78. The number of nitrogens with zero attached hydrogens (tertiary/aromatic N) is 3. The lowest BCUT2D eigenvalue weighted by Gasteiger charge is -2.57. The predicted molar refractivity (Wildman–Crippen MR) is 139 cm³/mol. The van der Waals surface area contributed by atoms with E-state index in [1.165, 1.54) is 16.1 Å². The summed E-state index contributed by atoms with van der Waals surface area (Å²) in [6.07, 6.45) is 15.4. The first kappa shape index (κ1) is 23.0. The number of thiazole rings is 1. The lowest BCUT2D eigenvalue weighted by molar-refractivity contribution is -0.0886. The lowest BCUT2D eigenvalue weighted by atomic mass is 9.47. The Hall–Kier alpha value is -2.43. The maximum Gasteiger partial charge on any atom is 0.232 e. The summed E-state index contributed by atoms with van der Waals surface area (Å²) in [5, 5.41) is 15.4. The SMILES string of the molecule is C#C[C@]1(O)CC[C@H]2[C@@H]3CC=C4c5sc(Nc6nc(C)cc(OC)n6)nc5CC[C@]4(C)[C@H]3CC[C@@]21C. The molecule has 0 saturated heterocycles. The van der Waals surface area contributed by atoms with E-state index in [1.807, 2.05) is 13.0 Å². The quantitative estimate of drug-likeness (QED) is 0.550. The zero-order valence-corrected chi connectivity index (χ0v) is 21.8. The van der Waals surface area contributed by atoms with Gasteiger partial charge in [0.05, 0.1) is 17.7 Å². The number of fused-ring (bicyclic) bond motifs is 7. The average Bonchev–Trinajstić information content (AvgIpc) is 3.36. The van der Waals surface area contributed by atoms with E-state index in [4.69, 9.17) is 16.1 Å². The number of allylic oxidation sites excluding steroid dienone is 2. The molecule has 184 valence electrons. The molecule has 0 bridgehead atoms. The fraction of sp³-hybridized carbons (Fsp3) is 0.607. The molecule has 0 unspecified atom stereocenters. The van der Waals surface area contributed by atoms with Gasteiger partial charge in [0.15, 0.2) is 5.13 Å². The van der Waals surface area contributed by atoms with E-state index in [0.717, 1.165) is 55.8 Å². The van der Waals surface area contributed by atoms with E-state index in [0.29, 0.717) is 29.6 Å². The molecule has 35 heavy (non-hydrogen) atoms. The average molecular weight is 491 g/mol. The molecule has 4 aliphatic carbocycles. The van der Waals surface area contributed by atoms with E-state index in [2.05, 4.69) is 41.1 Å². The van der Waals surface area contributed by atoms with Crippen LogP contribution in [0.4, 0.5) is 11.1 Å². The Balaban J connectivity index is 1.31. The van der Waals surface area contributed by atoms with Crippen molar-refractivity contribution in [3.8, 4) is 18.2 Å².